The monoisotopic (exact) mass is 344 g/mol. The fourth-order valence-electron chi connectivity index (χ4n) is 2.28. The van der Waals surface area contributed by atoms with Crippen molar-refractivity contribution in [3.63, 3.8) is 0 Å². The smallest absolute Gasteiger partial charge is 0.346 e. The summed E-state index contributed by atoms with van der Waals surface area (Å²) in [6, 6.07) is 28.5. The number of hydrogen-bond acceptors (Lipinski definition) is 4. The van der Waals surface area contributed by atoms with Gasteiger partial charge >= 0.3 is 11.9 Å². The van der Waals surface area contributed by atoms with Crippen LogP contribution in [0, 0.1) is 0 Å². The Morgan fingerprint density at radius 3 is 1.50 bits per heavy atom. The van der Waals surface area contributed by atoms with Crippen LogP contribution in [-0.2, 0) is 14.3 Å². The maximum absolute atomic E-state index is 11.1. The molecule has 0 saturated carbocycles. The van der Waals surface area contributed by atoms with Gasteiger partial charge in [0.1, 0.15) is 11.5 Å². The van der Waals surface area contributed by atoms with E-state index in [0.29, 0.717) is 11.1 Å². The van der Waals surface area contributed by atoms with Crippen molar-refractivity contribution in [2.75, 3.05) is 0 Å². The Labute approximate surface area is 151 Å². The second-order valence-electron chi connectivity index (χ2n) is 5.36. The first-order valence-electron chi connectivity index (χ1n) is 8.03. The molecular weight excluding hydrogens is 328 g/mol. The molecule has 0 atom stereocenters. The fourth-order valence-corrected chi connectivity index (χ4v) is 2.28. The van der Waals surface area contributed by atoms with E-state index in [1.54, 1.807) is 24.3 Å². The fraction of sp³-hybridized carbons (Fsp3) is 0. The Kier molecular flexibility index (Phi) is 5.58. The number of cyclic esters (lactones) is 2. The molecule has 1 aliphatic rings. The van der Waals surface area contributed by atoms with Gasteiger partial charge in [-0.15, -0.1) is 0 Å². The molecule has 1 aliphatic heterocycles. The predicted molar refractivity (Wildman–Crippen MR) is 98.5 cm³/mol. The number of carbonyl (C=O) groups excluding carboxylic acids is 2. The van der Waals surface area contributed by atoms with Crippen molar-refractivity contribution in [2.24, 2.45) is 0 Å². The lowest BCUT2D eigenvalue weighted by Crippen LogP contribution is -2.00. The molecule has 0 radical (unpaired) electrons. The van der Waals surface area contributed by atoms with Gasteiger partial charge in [-0.25, -0.2) is 9.59 Å². The Bertz CT molecular complexity index is 863. The zero-order chi connectivity index (χ0) is 18.2. The van der Waals surface area contributed by atoms with E-state index in [1.807, 2.05) is 66.7 Å². The van der Waals surface area contributed by atoms with Crippen LogP contribution in [0.1, 0.15) is 5.56 Å². The number of rotatable bonds is 3. The van der Waals surface area contributed by atoms with Gasteiger partial charge < -0.3 is 9.47 Å². The van der Waals surface area contributed by atoms with E-state index in [1.165, 1.54) is 6.08 Å². The molecule has 0 N–H and O–H groups in total. The number of carbonyl (C=O) groups is 2. The molecule has 0 saturated heterocycles. The summed E-state index contributed by atoms with van der Waals surface area (Å²) in [6.45, 7) is 0. The first kappa shape index (κ1) is 17.2. The minimum Gasteiger partial charge on any atom is -0.457 e. The molecule has 26 heavy (non-hydrogen) atoms. The average Bonchev–Trinajstić information content (AvgIpc) is 3.03. The van der Waals surface area contributed by atoms with E-state index in [0.717, 1.165) is 11.5 Å². The predicted octanol–water partition coefficient (Wildman–Crippen LogP) is 4.63. The molecule has 0 unspecified atom stereocenters. The van der Waals surface area contributed by atoms with Gasteiger partial charge in [0.25, 0.3) is 0 Å². The van der Waals surface area contributed by atoms with E-state index in [-0.39, 0.29) is 0 Å². The highest BCUT2D eigenvalue weighted by Crippen LogP contribution is 2.20. The van der Waals surface area contributed by atoms with E-state index in [4.69, 9.17) is 4.74 Å². The second kappa shape index (κ2) is 8.44. The third kappa shape index (κ3) is 4.68. The molecule has 128 valence electrons. The summed E-state index contributed by atoms with van der Waals surface area (Å²) in [7, 11) is 0. The summed E-state index contributed by atoms with van der Waals surface area (Å²) in [6.07, 6.45) is 1.21. The van der Waals surface area contributed by atoms with Gasteiger partial charge in [0.2, 0.25) is 0 Å². The zero-order valence-corrected chi connectivity index (χ0v) is 13.9. The maximum Gasteiger partial charge on any atom is 0.346 e. The molecule has 0 bridgehead atoms. The van der Waals surface area contributed by atoms with Gasteiger partial charge in [0, 0.05) is 6.08 Å². The summed E-state index contributed by atoms with van der Waals surface area (Å²) in [5, 5.41) is 0. The van der Waals surface area contributed by atoms with Crippen molar-refractivity contribution in [2.45, 2.75) is 0 Å². The van der Waals surface area contributed by atoms with Crippen LogP contribution in [0.25, 0.3) is 5.57 Å². The molecule has 0 spiro atoms. The highest BCUT2D eigenvalue weighted by molar-refractivity contribution is 6.28. The Balaban J connectivity index is 0.000000151. The number of esters is 2. The van der Waals surface area contributed by atoms with E-state index >= 15 is 0 Å². The molecule has 1 heterocycles. The lowest BCUT2D eigenvalue weighted by atomic mass is 10.1. The lowest BCUT2D eigenvalue weighted by molar-refractivity contribution is -0.149. The number of ether oxygens (including phenoxy) is 2. The third-order valence-electron chi connectivity index (χ3n) is 3.48. The number of para-hydroxylation sites is 2. The highest BCUT2D eigenvalue weighted by Gasteiger charge is 2.24. The second-order valence-corrected chi connectivity index (χ2v) is 5.36. The van der Waals surface area contributed by atoms with Gasteiger partial charge in [-0.3, -0.25) is 0 Å². The average molecular weight is 344 g/mol. The van der Waals surface area contributed by atoms with Gasteiger partial charge in [0.15, 0.2) is 0 Å². The van der Waals surface area contributed by atoms with Crippen LogP contribution in [0.5, 0.6) is 11.5 Å². The molecule has 4 nitrogen and oxygen atoms in total. The standard InChI is InChI=1S/C12H10O.C10H6O3/c1-3-7-11(8-4-1)13-12-9-5-2-6-10-12;11-9-6-8(10(12)13-9)7-4-2-1-3-5-7/h1-10H;1-6H. The van der Waals surface area contributed by atoms with Gasteiger partial charge in [-0.2, -0.15) is 0 Å². The van der Waals surface area contributed by atoms with Crippen molar-refractivity contribution in [3.05, 3.63) is 103 Å². The highest BCUT2D eigenvalue weighted by atomic mass is 16.6. The van der Waals surface area contributed by atoms with Crippen LogP contribution in [0.3, 0.4) is 0 Å². The van der Waals surface area contributed by atoms with Crippen molar-refractivity contribution < 1.29 is 19.1 Å². The van der Waals surface area contributed by atoms with E-state index < -0.39 is 11.9 Å². The van der Waals surface area contributed by atoms with E-state index in [2.05, 4.69) is 4.74 Å². The number of hydrogen-bond donors (Lipinski definition) is 0. The molecule has 0 fully saturated rings. The van der Waals surface area contributed by atoms with Gasteiger partial charge in [-0.1, -0.05) is 66.7 Å². The van der Waals surface area contributed by atoms with Crippen LogP contribution in [0.15, 0.2) is 97.1 Å². The Morgan fingerprint density at radius 2 is 1.08 bits per heavy atom. The van der Waals surface area contributed by atoms with Crippen LogP contribution in [0.4, 0.5) is 0 Å². The molecule has 4 rings (SSSR count). The lowest BCUT2D eigenvalue weighted by Gasteiger charge is -2.03. The molecule has 0 amide bonds. The third-order valence-corrected chi connectivity index (χ3v) is 3.48. The Morgan fingerprint density at radius 1 is 0.615 bits per heavy atom. The van der Waals surface area contributed by atoms with Gasteiger partial charge in [-0.05, 0) is 29.8 Å². The SMILES string of the molecule is O=C1C=C(c2ccccc2)C(=O)O1.c1ccc(Oc2ccccc2)cc1. The normalized spacial score (nSPS) is 12.5. The first-order valence-corrected chi connectivity index (χ1v) is 8.03. The van der Waals surface area contributed by atoms with Crippen LogP contribution >= 0.6 is 0 Å². The van der Waals surface area contributed by atoms with Crippen molar-refractivity contribution >= 4 is 17.5 Å². The quantitative estimate of drug-likeness (QED) is 0.513. The summed E-state index contributed by atoms with van der Waals surface area (Å²) in [4.78, 5) is 21.8. The van der Waals surface area contributed by atoms with Crippen LogP contribution in [-0.4, -0.2) is 11.9 Å². The maximum atomic E-state index is 11.1. The van der Waals surface area contributed by atoms with Crippen LogP contribution in [0.2, 0.25) is 0 Å². The van der Waals surface area contributed by atoms with Crippen molar-refractivity contribution in [3.8, 4) is 11.5 Å². The molecule has 0 aliphatic carbocycles. The summed E-state index contributed by atoms with van der Waals surface area (Å²) >= 11 is 0. The molecule has 3 aromatic carbocycles. The van der Waals surface area contributed by atoms with Crippen LogP contribution < -0.4 is 4.74 Å². The topological polar surface area (TPSA) is 52.6 Å². The Hall–Kier alpha value is -3.66. The summed E-state index contributed by atoms with van der Waals surface area (Å²) in [5.74, 6) is 0.572. The molecule has 4 heteroatoms. The summed E-state index contributed by atoms with van der Waals surface area (Å²) < 4.78 is 9.94. The minimum absolute atomic E-state index is 0.325. The largest absolute Gasteiger partial charge is 0.457 e. The van der Waals surface area contributed by atoms with E-state index in [9.17, 15) is 9.59 Å². The first-order chi connectivity index (χ1) is 12.7. The zero-order valence-electron chi connectivity index (χ0n) is 13.9. The number of benzene rings is 3. The molecular formula is C22H16O4. The molecule has 0 aromatic heterocycles. The van der Waals surface area contributed by atoms with Gasteiger partial charge in [0.05, 0.1) is 5.57 Å². The van der Waals surface area contributed by atoms with Crippen molar-refractivity contribution in [1.29, 1.82) is 0 Å². The molecule has 3 aromatic rings. The van der Waals surface area contributed by atoms with Crippen molar-refractivity contribution in [1.82, 2.24) is 0 Å². The summed E-state index contributed by atoms with van der Waals surface area (Å²) in [5.41, 5.74) is 1.03. The minimum atomic E-state index is -0.594.